The van der Waals surface area contributed by atoms with E-state index < -0.39 is 0 Å². The normalized spacial score (nSPS) is 16.9. The molecule has 1 atom stereocenters. The monoisotopic (exact) mass is 375 g/mol. The van der Waals surface area contributed by atoms with Gasteiger partial charge >= 0.3 is 6.03 Å². The molecular weight excluding hydrogens is 350 g/mol. The molecule has 0 unspecified atom stereocenters. The summed E-state index contributed by atoms with van der Waals surface area (Å²) in [5, 5.41) is 3.95. The predicted octanol–water partition coefficient (Wildman–Crippen LogP) is 3.64. The van der Waals surface area contributed by atoms with Gasteiger partial charge in [0.25, 0.3) is 5.91 Å². The molecule has 1 N–H and O–H groups in total. The van der Waals surface area contributed by atoms with E-state index in [1.807, 2.05) is 36.1 Å². The van der Waals surface area contributed by atoms with Gasteiger partial charge in [-0.25, -0.2) is 4.79 Å². The number of urea groups is 1. The van der Waals surface area contributed by atoms with E-state index in [1.54, 1.807) is 19.0 Å². The molecule has 7 heteroatoms. The van der Waals surface area contributed by atoms with E-state index in [9.17, 15) is 9.59 Å². The number of rotatable bonds is 5. The van der Waals surface area contributed by atoms with Crippen LogP contribution in [0.5, 0.6) is 0 Å². The van der Waals surface area contributed by atoms with Crippen LogP contribution in [0.1, 0.15) is 29.4 Å². The van der Waals surface area contributed by atoms with Crippen molar-refractivity contribution in [2.24, 2.45) is 0 Å². The fourth-order valence-corrected chi connectivity index (χ4v) is 4.24. The van der Waals surface area contributed by atoms with E-state index in [-0.39, 0.29) is 18.0 Å². The molecule has 3 rings (SSSR count). The minimum absolute atomic E-state index is 0.00683. The van der Waals surface area contributed by atoms with Crippen molar-refractivity contribution < 1.29 is 14.3 Å². The van der Waals surface area contributed by atoms with Crippen molar-refractivity contribution in [3.8, 4) is 0 Å². The fraction of sp³-hybridized carbons (Fsp3) is 0.474. The SMILES string of the molecule is CCOC[C@H]1CCCN1C(=O)Nc1ccc2sc(C(=O)N(C)C)cc2c1. The predicted molar refractivity (Wildman–Crippen MR) is 105 cm³/mol. The van der Waals surface area contributed by atoms with Gasteiger partial charge in [-0.1, -0.05) is 0 Å². The summed E-state index contributed by atoms with van der Waals surface area (Å²) in [7, 11) is 3.49. The summed E-state index contributed by atoms with van der Waals surface area (Å²) in [4.78, 5) is 28.9. The Hall–Kier alpha value is -2.12. The molecule has 0 radical (unpaired) electrons. The fourth-order valence-electron chi connectivity index (χ4n) is 3.17. The summed E-state index contributed by atoms with van der Waals surface area (Å²) in [5.74, 6) is -0.00683. The number of nitrogens with one attached hydrogen (secondary N) is 1. The van der Waals surface area contributed by atoms with Crippen LogP contribution in [-0.2, 0) is 4.74 Å². The smallest absolute Gasteiger partial charge is 0.322 e. The van der Waals surface area contributed by atoms with E-state index in [0.29, 0.717) is 18.1 Å². The van der Waals surface area contributed by atoms with Crippen LogP contribution in [0, 0.1) is 0 Å². The van der Waals surface area contributed by atoms with E-state index in [1.165, 1.54) is 11.3 Å². The zero-order valence-corrected chi connectivity index (χ0v) is 16.3. The lowest BCUT2D eigenvalue weighted by atomic mass is 10.2. The number of carbonyl (C=O) groups is 2. The second kappa shape index (κ2) is 8.05. The average molecular weight is 375 g/mol. The third-order valence-electron chi connectivity index (χ3n) is 4.54. The molecule has 0 saturated carbocycles. The van der Waals surface area contributed by atoms with Gasteiger partial charge < -0.3 is 19.9 Å². The number of carbonyl (C=O) groups excluding carboxylic acids is 2. The number of amides is 3. The molecule has 0 spiro atoms. The van der Waals surface area contributed by atoms with Crippen molar-refractivity contribution >= 4 is 39.0 Å². The number of benzene rings is 1. The molecule has 3 amide bonds. The van der Waals surface area contributed by atoms with Gasteiger partial charge in [-0.3, -0.25) is 4.79 Å². The van der Waals surface area contributed by atoms with Crippen LogP contribution in [0.25, 0.3) is 10.1 Å². The van der Waals surface area contributed by atoms with Gasteiger partial charge in [-0.2, -0.15) is 0 Å². The number of likely N-dealkylation sites (tertiary alicyclic amines) is 1. The Morgan fingerprint density at radius 3 is 2.88 bits per heavy atom. The van der Waals surface area contributed by atoms with Crippen LogP contribution in [0.2, 0.25) is 0 Å². The number of hydrogen-bond donors (Lipinski definition) is 1. The summed E-state index contributed by atoms with van der Waals surface area (Å²) in [6.45, 7) is 3.97. The Kier molecular flexibility index (Phi) is 5.78. The highest BCUT2D eigenvalue weighted by molar-refractivity contribution is 7.20. The first-order chi connectivity index (χ1) is 12.5. The minimum Gasteiger partial charge on any atom is -0.380 e. The summed E-state index contributed by atoms with van der Waals surface area (Å²) < 4.78 is 6.53. The number of thiophene rings is 1. The second-order valence-corrected chi connectivity index (χ2v) is 7.73. The molecule has 1 aliphatic heterocycles. The first kappa shape index (κ1) is 18.7. The number of fused-ring (bicyclic) bond motifs is 1. The van der Waals surface area contributed by atoms with E-state index in [2.05, 4.69) is 5.32 Å². The van der Waals surface area contributed by atoms with Crippen molar-refractivity contribution in [1.29, 1.82) is 0 Å². The molecule has 0 aliphatic carbocycles. The molecule has 1 fully saturated rings. The highest BCUT2D eigenvalue weighted by Crippen LogP contribution is 2.29. The van der Waals surface area contributed by atoms with Gasteiger partial charge in [0.15, 0.2) is 0 Å². The van der Waals surface area contributed by atoms with Crippen LogP contribution in [-0.4, -0.2) is 61.6 Å². The third kappa shape index (κ3) is 3.99. The van der Waals surface area contributed by atoms with Crippen molar-refractivity contribution in [3.05, 3.63) is 29.1 Å². The lowest BCUT2D eigenvalue weighted by molar-refractivity contribution is 0.0832. The summed E-state index contributed by atoms with van der Waals surface area (Å²) >= 11 is 1.47. The lowest BCUT2D eigenvalue weighted by Crippen LogP contribution is -2.41. The van der Waals surface area contributed by atoms with Crippen LogP contribution in [0.15, 0.2) is 24.3 Å². The zero-order chi connectivity index (χ0) is 18.7. The molecule has 140 valence electrons. The highest BCUT2D eigenvalue weighted by atomic mass is 32.1. The van der Waals surface area contributed by atoms with Crippen LogP contribution >= 0.6 is 11.3 Å². The molecule has 1 aliphatic rings. The topological polar surface area (TPSA) is 61.9 Å². The maximum atomic E-state index is 12.6. The van der Waals surface area contributed by atoms with Gasteiger partial charge in [-0.05, 0) is 49.4 Å². The maximum Gasteiger partial charge on any atom is 0.322 e. The molecule has 0 bridgehead atoms. The number of ether oxygens (including phenoxy) is 1. The molecule has 1 saturated heterocycles. The summed E-state index contributed by atoms with van der Waals surface area (Å²) in [6, 6.07) is 7.68. The molecular formula is C19H25N3O3S. The summed E-state index contributed by atoms with van der Waals surface area (Å²) in [5.41, 5.74) is 0.742. The van der Waals surface area contributed by atoms with Crippen molar-refractivity contribution in [1.82, 2.24) is 9.80 Å². The van der Waals surface area contributed by atoms with Gasteiger partial charge in [0.2, 0.25) is 0 Å². The van der Waals surface area contributed by atoms with Gasteiger partial charge in [0, 0.05) is 37.6 Å². The second-order valence-electron chi connectivity index (χ2n) is 6.64. The number of anilines is 1. The van der Waals surface area contributed by atoms with Crippen molar-refractivity contribution in [2.75, 3.05) is 39.2 Å². The van der Waals surface area contributed by atoms with Crippen LogP contribution < -0.4 is 5.32 Å². The summed E-state index contributed by atoms with van der Waals surface area (Å²) in [6.07, 6.45) is 1.98. The van der Waals surface area contributed by atoms with Gasteiger partial charge in [-0.15, -0.1) is 11.3 Å². The molecule has 1 aromatic carbocycles. The van der Waals surface area contributed by atoms with Gasteiger partial charge in [0.05, 0.1) is 17.5 Å². The lowest BCUT2D eigenvalue weighted by Gasteiger charge is -2.24. The quantitative estimate of drug-likeness (QED) is 0.868. The largest absolute Gasteiger partial charge is 0.380 e. The van der Waals surface area contributed by atoms with E-state index >= 15 is 0 Å². The van der Waals surface area contributed by atoms with Crippen LogP contribution in [0.4, 0.5) is 10.5 Å². The molecule has 6 nitrogen and oxygen atoms in total. The van der Waals surface area contributed by atoms with Crippen molar-refractivity contribution in [2.45, 2.75) is 25.8 Å². The Labute approximate surface area is 157 Å². The molecule has 2 aromatic rings. The molecule has 2 heterocycles. The van der Waals surface area contributed by atoms with E-state index in [0.717, 1.165) is 35.2 Å². The first-order valence-corrected chi connectivity index (χ1v) is 9.72. The number of nitrogens with zero attached hydrogens (tertiary/aromatic N) is 2. The third-order valence-corrected chi connectivity index (χ3v) is 5.64. The minimum atomic E-state index is -0.0913. The Bertz CT molecular complexity index is 802. The highest BCUT2D eigenvalue weighted by Gasteiger charge is 2.28. The number of hydrogen-bond acceptors (Lipinski definition) is 4. The standard InChI is InChI=1S/C19H25N3O3S/c1-4-25-12-15-6-5-9-22(15)19(24)20-14-7-8-16-13(10-14)11-17(26-16)18(23)21(2)3/h7-8,10-11,15H,4-6,9,12H2,1-3H3,(H,20,24)/t15-/m1/s1. The van der Waals surface area contributed by atoms with E-state index in [4.69, 9.17) is 4.74 Å². The zero-order valence-electron chi connectivity index (χ0n) is 15.4. The maximum absolute atomic E-state index is 12.6. The Morgan fingerprint density at radius 2 is 2.15 bits per heavy atom. The average Bonchev–Trinajstić information content (AvgIpc) is 3.25. The molecule has 26 heavy (non-hydrogen) atoms. The molecule has 1 aromatic heterocycles. The van der Waals surface area contributed by atoms with Crippen molar-refractivity contribution in [3.63, 3.8) is 0 Å². The Morgan fingerprint density at radius 1 is 1.35 bits per heavy atom. The van der Waals surface area contributed by atoms with Crippen LogP contribution in [0.3, 0.4) is 0 Å². The van der Waals surface area contributed by atoms with Gasteiger partial charge in [0.1, 0.15) is 0 Å². The first-order valence-electron chi connectivity index (χ1n) is 8.90. The Balaban J connectivity index is 1.72.